The lowest BCUT2D eigenvalue weighted by molar-refractivity contribution is -0.119. The second-order valence-corrected chi connectivity index (χ2v) is 3.93. The van der Waals surface area contributed by atoms with Gasteiger partial charge in [0.05, 0.1) is 0 Å². The number of nitrogens with one attached hydrogen (secondary N) is 1. The molecule has 0 aromatic carbocycles. The van der Waals surface area contributed by atoms with Crippen molar-refractivity contribution in [3.8, 4) is 0 Å². The standard InChI is InChI=1S/C9H17NO/c1-7(2)9(4-5-9)6-10-8(3)11/h7H,4-6H2,1-3H3,(H,10,11). The molecule has 11 heavy (non-hydrogen) atoms. The molecule has 1 saturated carbocycles. The maximum atomic E-state index is 10.6. The molecule has 1 aliphatic rings. The van der Waals surface area contributed by atoms with Crippen molar-refractivity contribution in [3.05, 3.63) is 0 Å². The Bertz CT molecular complexity index is 159. The second-order valence-electron chi connectivity index (χ2n) is 3.93. The predicted molar refractivity (Wildman–Crippen MR) is 45.2 cm³/mol. The molecule has 2 heteroatoms. The summed E-state index contributed by atoms with van der Waals surface area (Å²) in [6.07, 6.45) is 2.57. The van der Waals surface area contributed by atoms with Gasteiger partial charge in [0.15, 0.2) is 0 Å². The monoisotopic (exact) mass is 155 g/mol. The molecule has 1 rings (SSSR count). The molecule has 0 radical (unpaired) electrons. The highest BCUT2D eigenvalue weighted by molar-refractivity contribution is 5.72. The summed E-state index contributed by atoms with van der Waals surface area (Å²) in [5.74, 6) is 0.797. The van der Waals surface area contributed by atoms with Gasteiger partial charge in [-0.3, -0.25) is 4.79 Å². The quantitative estimate of drug-likeness (QED) is 0.658. The SMILES string of the molecule is CC(=O)NCC1(C(C)C)CC1. The van der Waals surface area contributed by atoms with E-state index in [1.165, 1.54) is 12.8 Å². The highest BCUT2D eigenvalue weighted by Gasteiger charge is 2.44. The number of amides is 1. The van der Waals surface area contributed by atoms with Crippen molar-refractivity contribution < 1.29 is 4.79 Å². The van der Waals surface area contributed by atoms with Crippen LogP contribution in [0.3, 0.4) is 0 Å². The van der Waals surface area contributed by atoms with Crippen LogP contribution >= 0.6 is 0 Å². The lowest BCUT2D eigenvalue weighted by atomic mass is 9.92. The number of hydrogen-bond acceptors (Lipinski definition) is 1. The summed E-state index contributed by atoms with van der Waals surface area (Å²) in [5.41, 5.74) is 0.450. The second kappa shape index (κ2) is 2.84. The molecule has 0 atom stereocenters. The van der Waals surface area contributed by atoms with E-state index in [9.17, 15) is 4.79 Å². The van der Waals surface area contributed by atoms with Crippen LogP contribution in [-0.2, 0) is 4.79 Å². The summed E-state index contributed by atoms with van der Waals surface area (Å²) in [5, 5.41) is 2.89. The van der Waals surface area contributed by atoms with Crippen molar-refractivity contribution in [2.75, 3.05) is 6.54 Å². The Morgan fingerprint density at radius 1 is 1.55 bits per heavy atom. The zero-order chi connectivity index (χ0) is 8.48. The summed E-state index contributed by atoms with van der Waals surface area (Å²) in [4.78, 5) is 10.6. The van der Waals surface area contributed by atoms with Gasteiger partial charge in [0.2, 0.25) is 5.91 Å². The van der Waals surface area contributed by atoms with Crippen LogP contribution in [0.5, 0.6) is 0 Å². The molecule has 0 bridgehead atoms. The van der Waals surface area contributed by atoms with Crippen LogP contribution in [0, 0.1) is 11.3 Å². The normalized spacial score (nSPS) is 20.0. The molecule has 1 N–H and O–H groups in total. The van der Waals surface area contributed by atoms with Crippen LogP contribution in [0.15, 0.2) is 0 Å². The highest BCUT2D eigenvalue weighted by Crippen LogP contribution is 2.51. The van der Waals surface area contributed by atoms with Gasteiger partial charge in [0.1, 0.15) is 0 Å². The first-order valence-corrected chi connectivity index (χ1v) is 4.31. The van der Waals surface area contributed by atoms with E-state index >= 15 is 0 Å². The van der Waals surface area contributed by atoms with Crippen molar-refractivity contribution in [2.24, 2.45) is 11.3 Å². The smallest absolute Gasteiger partial charge is 0.216 e. The molecule has 0 aliphatic heterocycles. The fourth-order valence-electron chi connectivity index (χ4n) is 1.42. The average molecular weight is 155 g/mol. The van der Waals surface area contributed by atoms with Gasteiger partial charge in [-0.05, 0) is 24.2 Å². The third kappa shape index (κ3) is 1.95. The molecule has 2 nitrogen and oxygen atoms in total. The maximum Gasteiger partial charge on any atom is 0.216 e. The lowest BCUT2D eigenvalue weighted by Crippen LogP contribution is -2.30. The average Bonchev–Trinajstić information content (AvgIpc) is 2.63. The van der Waals surface area contributed by atoms with Gasteiger partial charge in [-0.1, -0.05) is 13.8 Å². The van der Waals surface area contributed by atoms with Crippen LogP contribution in [0.4, 0.5) is 0 Å². The molecule has 0 heterocycles. The highest BCUT2D eigenvalue weighted by atomic mass is 16.1. The lowest BCUT2D eigenvalue weighted by Gasteiger charge is -2.19. The summed E-state index contributed by atoms with van der Waals surface area (Å²) >= 11 is 0. The van der Waals surface area contributed by atoms with Gasteiger partial charge < -0.3 is 5.32 Å². The summed E-state index contributed by atoms with van der Waals surface area (Å²) in [7, 11) is 0. The minimum absolute atomic E-state index is 0.0944. The van der Waals surface area contributed by atoms with E-state index in [1.807, 2.05) is 0 Å². The molecule has 0 unspecified atom stereocenters. The summed E-state index contributed by atoms with van der Waals surface area (Å²) < 4.78 is 0. The van der Waals surface area contributed by atoms with Crippen molar-refractivity contribution in [1.82, 2.24) is 5.32 Å². The van der Waals surface area contributed by atoms with Crippen LogP contribution in [0.2, 0.25) is 0 Å². The van der Waals surface area contributed by atoms with Gasteiger partial charge in [-0.25, -0.2) is 0 Å². The number of carbonyl (C=O) groups excluding carboxylic acids is 1. The van der Waals surface area contributed by atoms with E-state index in [4.69, 9.17) is 0 Å². The Morgan fingerprint density at radius 3 is 2.36 bits per heavy atom. The minimum atomic E-state index is 0.0944. The van der Waals surface area contributed by atoms with E-state index in [0.29, 0.717) is 11.3 Å². The zero-order valence-electron chi connectivity index (χ0n) is 7.61. The minimum Gasteiger partial charge on any atom is -0.356 e. The van der Waals surface area contributed by atoms with Crippen LogP contribution < -0.4 is 5.32 Å². The van der Waals surface area contributed by atoms with Crippen molar-refractivity contribution >= 4 is 5.91 Å². The van der Waals surface area contributed by atoms with E-state index in [1.54, 1.807) is 6.92 Å². The van der Waals surface area contributed by atoms with Gasteiger partial charge in [-0.15, -0.1) is 0 Å². The predicted octanol–water partition coefficient (Wildman–Crippen LogP) is 1.56. The molecule has 0 saturated heterocycles. The van der Waals surface area contributed by atoms with E-state index in [-0.39, 0.29) is 5.91 Å². The first-order valence-electron chi connectivity index (χ1n) is 4.31. The Morgan fingerprint density at radius 2 is 2.09 bits per heavy atom. The van der Waals surface area contributed by atoms with E-state index < -0.39 is 0 Å². The van der Waals surface area contributed by atoms with Crippen molar-refractivity contribution in [2.45, 2.75) is 33.6 Å². The third-order valence-electron chi connectivity index (χ3n) is 2.81. The molecule has 0 aromatic rings. The fraction of sp³-hybridized carbons (Fsp3) is 0.889. The molecular weight excluding hydrogens is 138 g/mol. The van der Waals surface area contributed by atoms with Crippen molar-refractivity contribution in [3.63, 3.8) is 0 Å². The molecule has 1 fully saturated rings. The third-order valence-corrected chi connectivity index (χ3v) is 2.81. The molecule has 1 amide bonds. The topological polar surface area (TPSA) is 29.1 Å². The number of hydrogen-bond donors (Lipinski definition) is 1. The molecule has 1 aliphatic carbocycles. The number of carbonyl (C=O) groups is 1. The maximum absolute atomic E-state index is 10.6. The van der Waals surface area contributed by atoms with Crippen molar-refractivity contribution in [1.29, 1.82) is 0 Å². The van der Waals surface area contributed by atoms with Gasteiger partial charge >= 0.3 is 0 Å². The summed E-state index contributed by atoms with van der Waals surface area (Å²) in [6.45, 7) is 6.92. The van der Waals surface area contributed by atoms with Gasteiger partial charge in [0.25, 0.3) is 0 Å². The fourth-order valence-corrected chi connectivity index (χ4v) is 1.42. The molecule has 64 valence electrons. The first kappa shape index (κ1) is 8.57. The zero-order valence-corrected chi connectivity index (χ0v) is 7.61. The summed E-state index contributed by atoms with van der Waals surface area (Å²) in [6, 6.07) is 0. The largest absolute Gasteiger partial charge is 0.356 e. The Kier molecular flexibility index (Phi) is 2.21. The van der Waals surface area contributed by atoms with Crippen LogP contribution in [-0.4, -0.2) is 12.5 Å². The first-order chi connectivity index (χ1) is 5.07. The Hall–Kier alpha value is -0.530. The Balaban J connectivity index is 2.30. The molecule has 0 spiro atoms. The van der Waals surface area contributed by atoms with Gasteiger partial charge in [0, 0.05) is 13.5 Å². The van der Waals surface area contributed by atoms with Gasteiger partial charge in [-0.2, -0.15) is 0 Å². The molecular formula is C9H17NO. The van der Waals surface area contributed by atoms with Crippen LogP contribution in [0.25, 0.3) is 0 Å². The molecule has 0 aromatic heterocycles. The van der Waals surface area contributed by atoms with E-state index in [0.717, 1.165) is 6.54 Å². The Labute approximate surface area is 68.4 Å². The number of rotatable bonds is 3. The van der Waals surface area contributed by atoms with E-state index in [2.05, 4.69) is 19.2 Å². The van der Waals surface area contributed by atoms with Crippen LogP contribution in [0.1, 0.15) is 33.6 Å².